The summed E-state index contributed by atoms with van der Waals surface area (Å²) < 4.78 is 0. The number of carboxylic acids is 1. The van der Waals surface area contributed by atoms with Crippen molar-refractivity contribution in [3.8, 4) is 0 Å². The minimum atomic E-state index is -0.698. The molecule has 0 saturated heterocycles. The minimum absolute atomic E-state index is 0.271. The van der Waals surface area contributed by atoms with Crippen LogP contribution in [0.4, 0.5) is 0 Å². The van der Waals surface area contributed by atoms with Gasteiger partial charge in [-0.2, -0.15) is 0 Å². The van der Waals surface area contributed by atoms with Crippen LogP contribution in [-0.2, 0) is 4.79 Å². The van der Waals surface area contributed by atoms with E-state index >= 15 is 0 Å². The zero-order valence-corrected chi connectivity index (χ0v) is 10.6. The summed E-state index contributed by atoms with van der Waals surface area (Å²) in [5.41, 5.74) is 0. The van der Waals surface area contributed by atoms with Gasteiger partial charge >= 0.3 is 5.97 Å². The molecule has 0 amide bonds. The lowest BCUT2D eigenvalue weighted by molar-refractivity contribution is -0.141. The lowest BCUT2D eigenvalue weighted by Crippen LogP contribution is -2.42. The highest BCUT2D eigenvalue weighted by molar-refractivity contribution is 5.69. The second-order valence-electron chi connectivity index (χ2n) is 4.97. The van der Waals surface area contributed by atoms with Crippen molar-refractivity contribution in [3.63, 3.8) is 0 Å². The van der Waals surface area contributed by atoms with Crippen LogP contribution in [-0.4, -0.2) is 48.7 Å². The molecule has 4 heteroatoms. The van der Waals surface area contributed by atoms with E-state index in [0.717, 1.165) is 0 Å². The summed E-state index contributed by atoms with van der Waals surface area (Å²) in [4.78, 5) is 13.0. The maximum Gasteiger partial charge on any atom is 0.307 e. The predicted octanol–water partition coefficient (Wildman–Crippen LogP) is 1.17. The lowest BCUT2D eigenvalue weighted by atomic mass is 9.90. The molecular formula is C12H24N2O2. The first-order valence-corrected chi connectivity index (χ1v) is 6.15. The molecule has 0 radical (unpaired) electrons. The van der Waals surface area contributed by atoms with Crippen molar-refractivity contribution in [1.29, 1.82) is 0 Å². The molecule has 0 aliphatic heterocycles. The maximum atomic E-state index is 10.8. The topological polar surface area (TPSA) is 52.6 Å². The van der Waals surface area contributed by atoms with Crippen LogP contribution in [0.25, 0.3) is 0 Å². The molecular weight excluding hydrogens is 204 g/mol. The van der Waals surface area contributed by atoms with E-state index in [1.807, 2.05) is 14.1 Å². The molecule has 94 valence electrons. The van der Waals surface area contributed by atoms with Crippen LogP contribution >= 0.6 is 0 Å². The summed E-state index contributed by atoms with van der Waals surface area (Å²) in [6.07, 6.45) is 4.75. The van der Waals surface area contributed by atoms with E-state index in [-0.39, 0.29) is 5.92 Å². The van der Waals surface area contributed by atoms with Gasteiger partial charge in [-0.25, -0.2) is 0 Å². The molecule has 1 aliphatic rings. The summed E-state index contributed by atoms with van der Waals surface area (Å²) in [6.45, 7) is 2.43. The van der Waals surface area contributed by atoms with Crippen molar-refractivity contribution in [2.24, 2.45) is 5.92 Å². The predicted molar refractivity (Wildman–Crippen MR) is 64.5 cm³/mol. The van der Waals surface area contributed by atoms with Gasteiger partial charge in [0.05, 0.1) is 5.92 Å². The second-order valence-corrected chi connectivity index (χ2v) is 4.97. The number of rotatable bonds is 5. The van der Waals surface area contributed by atoms with Crippen LogP contribution in [0.3, 0.4) is 0 Å². The van der Waals surface area contributed by atoms with Gasteiger partial charge in [-0.3, -0.25) is 4.79 Å². The molecule has 1 unspecified atom stereocenters. The Hall–Kier alpha value is -0.610. The van der Waals surface area contributed by atoms with Crippen LogP contribution in [0.1, 0.15) is 32.6 Å². The molecule has 0 spiro atoms. The molecule has 1 rings (SSSR count). The first kappa shape index (κ1) is 13.5. The van der Waals surface area contributed by atoms with Gasteiger partial charge < -0.3 is 15.3 Å². The van der Waals surface area contributed by atoms with Crippen LogP contribution < -0.4 is 5.32 Å². The molecule has 0 heterocycles. The fourth-order valence-electron chi connectivity index (χ4n) is 2.46. The zero-order chi connectivity index (χ0) is 12.1. The Morgan fingerprint density at radius 2 is 2.00 bits per heavy atom. The average Bonchev–Trinajstić information content (AvgIpc) is 2.28. The molecule has 16 heavy (non-hydrogen) atoms. The lowest BCUT2D eigenvalue weighted by Gasteiger charge is -2.35. The standard InChI is InChI=1S/C12H24N2O2/c1-9(12(15)16)8-14(3)11-6-4-10(13-2)5-7-11/h9-11,13H,4-8H2,1-3H3,(H,15,16). The van der Waals surface area contributed by atoms with Crippen molar-refractivity contribution in [1.82, 2.24) is 10.2 Å². The van der Waals surface area contributed by atoms with Crippen molar-refractivity contribution >= 4 is 5.97 Å². The van der Waals surface area contributed by atoms with Crippen LogP contribution in [0, 0.1) is 5.92 Å². The normalized spacial score (nSPS) is 28.0. The third-order valence-electron chi connectivity index (χ3n) is 3.71. The highest BCUT2D eigenvalue weighted by Crippen LogP contribution is 2.22. The number of carboxylic acid groups (broad SMARTS) is 1. The highest BCUT2D eigenvalue weighted by Gasteiger charge is 2.25. The largest absolute Gasteiger partial charge is 0.481 e. The fraction of sp³-hybridized carbons (Fsp3) is 0.917. The molecule has 0 aromatic carbocycles. The Labute approximate surface area is 98.0 Å². The number of hydrogen-bond donors (Lipinski definition) is 2. The van der Waals surface area contributed by atoms with Crippen molar-refractivity contribution < 1.29 is 9.90 Å². The molecule has 1 fully saturated rings. The average molecular weight is 228 g/mol. The van der Waals surface area contributed by atoms with Gasteiger partial charge in [0, 0.05) is 18.6 Å². The molecule has 0 bridgehead atoms. The Balaban J connectivity index is 2.33. The van der Waals surface area contributed by atoms with Gasteiger partial charge in [-0.15, -0.1) is 0 Å². The second kappa shape index (κ2) is 6.21. The Morgan fingerprint density at radius 1 is 1.44 bits per heavy atom. The number of nitrogens with one attached hydrogen (secondary N) is 1. The van der Waals surface area contributed by atoms with E-state index in [2.05, 4.69) is 10.2 Å². The summed E-state index contributed by atoms with van der Waals surface area (Å²) in [7, 11) is 4.06. The first-order chi connectivity index (χ1) is 7.54. The first-order valence-electron chi connectivity index (χ1n) is 6.15. The van der Waals surface area contributed by atoms with Gasteiger partial charge in [0.2, 0.25) is 0 Å². The van der Waals surface area contributed by atoms with E-state index in [1.54, 1.807) is 6.92 Å². The Bertz CT molecular complexity index is 225. The molecule has 4 nitrogen and oxygen atoms in total. The SMILES string of the molecule is CNC1CCC(N(C)CC(C)C(=O)O)CC1. The van der Waals surface area contributed by atoms with Crippen LogP contribution in [0.2, 0.25) is 0 Å². The molecule has 1 aliphatic carbocycles. The number of nitrogens with zero attached hydrogens (tertiary/aromatic N) is 1. The molecule has 0 aromatic rings. The minimum Gasteiger partial charge on any atom is -0.481 e. The smallest absolute Gasteiger partial charge is 0.307 e. The summed E-state index contributed by atoms with van der Waals surface area (Å²) in [5, 5.41) is 12.2. The number of aliphatic carboxylic acids is 1. The van der Waals surface area contributed by atoms with Crippen LogP contribution in [0.15, 0.2) is 0 Å². The van der Waals surface area contributed by atoms with Gasteiger partial charge in [-0.05, 0) is 39.8 Å². The molecule has 1 saturated carbocycles. The Morgan fingerprint density at radius 3 is 2.44 bits per heavy atom. The van der Waals surface area contributed by atoms with Gasteiger partial charge in [0.1, 0.15) is 0 Å². The monoisotopic (exact) mass is 228 g/mol. The molecule has 1 atom stereocenters. The maximum absolute atomic E-state index is 10.8. The van der Waals surface area contributed by atoms with E-state index in [0.29, 0.717) is 18.6 Å². The van der Waals surface area contributed by atoms with Gasteiger partial charge in [0.15, 0.2) is 0 Å². The summed E-state index contributed by atoms with van der Waals surface area (Å²) in [5.74, 6) is -0.970. The quantitative estimate of drug-likeness (QED) is 0.741. The van der Waals surface area contributed by atoms with E-state index in [9.17, 15) is 4.79 Å². The third-order valence-corrected chi connectivity index (χ3v) is 3.71. The Kier molecular flexibility index (Phi) is 5.22. The zero-order valence-electron chi connectivity index (χ0n) is 10.6. The number of hydrogen-bond acceptors (Lipinski definition) is 3. The van der Waals surface area contributed by atoms with Crippen LogP contribution in [0.5, 0.6) is 0 Å². The number of carbonyl (C=O) groups is 1. The highest BCUT2D eigenvalue weighted by atomic mass is 16.4. The summed E-state index contributed by atoms with van der Waals surface area (Å²) in [6, 6.07) is 1.22. The van der Waals surface area contributed by atoms with E-state index in [4.69, 9.17) is 5.11 Å². The third kappa shape index (κ3) is 3.76. The van der Waals surface area contributed by atoms with Gasteiger partial charge in [-0.1, -0.05) is 6.92 Å². The van der Waals surface area contributed by atoms with Gasteiger partial charge in [0.25, 0.3) is 0 Å². The van der Waals surface area contributed by atoms with Crippen molar-refractivity contribution in [3.05, 3.63) is 0 Å². The summed E-state index contributed by atoms with van der Waals surface area (Å²) >= 11 is 0. The molecule has 2 N–H and O–H groups in total. The van der Waals surface area contributed by atoms with E-state index < -0.39 is 5.97 Å². The van der Waals surface area contributed by atoms with Crippen molar-refractivity contribution in [2.75, 3.05) is 20.6 Å². The fourth-order valence-corrected chi connectivity index (χ4v) is 2.46. The van der Waals surface area contributed by atoms with Crippen molar-refractivity contribution in [2.45, 2.75) is 44.7 Å². The molecule has 0 aromatic heterocycles. The van der Waals surface area contributed by atoms with E-state index in [1.165, 1.54) is 25.7 Å².